The fourth-order valence-corrected chi connectivity index (χ4v) is 3.62. The molecule has 0 radical (unpaired) electrons. The topological polar surface area (TPSA) is 38.3 Å². The Kier molecular flexibility index (Phi) is 4.16. The van der Waals surface area contributed by atoms with Crippen molar-refractivity contribution < 1.29 is 9.53 Å². The highest BCUT2D eigenvalue weighted by Gasteiger charge is 2.39. The summed E-state index contributed by atoms with van der Waals surface area (Å²) < 4.78 is 5.78. The Balaban J connectivity index is 2.12. The van der Waals surface area contributed by atoms with E-state index in [4.69, 9.17) is 4.74 Å². The number of nitrogens with one attached hydrogen (secondary N) is 1. The van der Waals surface area contributed by atoms with Crippen LogP contribution in [0.2, 0.25) is 0 Å². The molecule has 116 valence electrons. The van der Waals surface area contributed by atoms with Gasteiger partial charge >= 0.3 is 5.97 Å². The number of carbonyl (C=O) groups is 1. The van der Waals surface area contributed by atoms with Gasteiger partial charge in [-0.3, -0.25) is 0 Å². The lowest BCUT2D eigenvalue weighted by atomic mass is 9.81. The van der Waals surface area contributed by atoms with Gasteiger partial charge in [0, 0.05) is 23.9 Å². The number of hydrogen-bond donors (Lipinski definition) is 1. The van der Waals surface area contributed by atoms with Gasteiger partial charge in [0.15, 0.2) is 0 Å². The zero-order valence-electron chi connectivity index (χ0n) is 14.0. The van der Waals surface area contributed by atoms with E-state index in [-0.39, 0.29) is 23.2 Å². The van der Waals surface area contributed by atoms with Crippen molar-refractivity contribution in [2.24, 2.45) is 0 Å². The largest absolute Gasteiger partial charge is 0.459 e. The first kappa shape index (κ1) is 16.0. The van der Waals surface area contributed by atoms with Gasteiger partial charge in [-0.05, 0) is 53.7 Å². The Morgan fingerprint density at radius 3 is 2.00 bits per heavy atom. The quantitative estimate of drug-likeness (QED) is 0.842. The van der Waals surface area contributed by atoms with Crippen molar-refractivity contribution in [3.8, 4) is 0 Å². The minimum atomic E-state index is -0.208. The summed E-state index contributed by atoms with van der Waals surface area (Å²) in [6.07, 6.45) is 1.64. The van der Waals surface area contributed by atoms with Crippen LogP contribution in [0, 0.1) is 13.8 Å². The van der Waals surface area contributed by atoms with Crippen LogP contribution >= 0.6 is 0 Å². The smallest absolute Gasteiger partial charge is 0.338 e. The summed E-state index contributed by atoms with van der Waals surface area (Å²) >= 11 is 0. The second kappa shape index (κ2) is 5.45. The average Bonchev–Trinajstić information content (AvgIpc) is 2.22. The predicted octanol–water partition coefficient (Wildman–Crippen LogP) is 3.77. The molecule has 0 bridgehead atoms. The minimum absolute atomic E-state index is 0.0186. The zero-order chi connectivity index (χ0) is 15.8. The zero-order valence-corrected chi connectivity index (χ0v) is 14.0. The van der Waals surface area contributed by atoms with Gasteiger partial charge in [0.05, 0.1) is 5.56 Å². The van der Waals surface area contributed by atoms with E-state index >= 15 is 0 Å². The molecule has 0 aromatic heterocycles. The lowest BCUT2D eigenvalue weighted by molar-refractivity contribution is -0.00639. The number of benzene rings is 1. The molecule has 3 heteroatoms. The first-order valence-electron chi connectivity index (χ1n) is 7.65. The second-order valence-electron chi connectivity index (χ2n) is 7.70. The maximum atomic E-state index is 12.4. The number of esters is 1. The third-order valence-corrected chi connectivity index (χ3v) is 3.88. The molecule has 0 amide bonds. The monoisotopic (exact) mass is 289 g/mol. The first-order valence-corrected chi connectivity index (χ1v) is 7.65. The van der Waals surface area contributed by atoms with Crippen LogP contribution in [0.5, 0.6) is 0 Å². The van der Waals surface area contributed by atoms with Gasteiger partial charge < -0.3 is 10.1 Å². The number of piperidine rings is 1. The second-order valence-corrected chi connectivity index (χ2v) is 7.70. The van der Waals surface area contributed by atoms with Gasteiger partial charge in [0.25, 0.3) is 0 Å². The molecule has 1 N–H and O–H groups in total. The molecule has 0 unspecified atom stereocenters. The molecule has 0 saturated carbocycles. The van der Waals surface area contributed by atoms with E-state index in [0.717, 1.165) is 24.0 Å². The normalized spacial score (nSPS) is 21.0. The highest BCUT2D eigenvalue weighted by molar-refractivity contribution is 5.90. The lowest BCUT2D eigenvalue weighted by Gasteiger charge is -2.45. The summed E-state index contributed by atoms with van der Waals surface area (Å²) in [7, 11) is 0. The number of rotatable bonds is 2. The molecule has 1 fully saturated rings. The number of carbonyl (C=O) groups excluding carboxylic acids is 1. The molecule has 1 aliphatic heterocycles. The molecule has 21 heavy (non-hydrogen) atoms. The highest BCUT2D eigenvalue weighted by atomic mass is 16.5. The Morgan fingerprint density at radius 2 is 1.52 bits per heavy atom. The van der Waals surface area contributed by atoms with Gasteiger partial charge in [-0.25, -0.2) is 4.79 Å². The SMILES string of the molecule is Cc1cc(C)cc(C(=O)OC2CC(C)(C)NC(C)(C)C2)c1. The number of aryl methyl sites for hydroxylation is 2. The van der Waals surface area contributed by atoms with E-state index in [1.165, 1.54) is 0 Å². The van der Waals surface area contributed by atoms with Crippen molar-refractivity contribution in [1.82, 2.24) is 5.32 Å². The molecule has 0 spiro atoms. The molecule has 3 nitrogen and oxygen atoms in total. The fraction of sp³-hybridized carbons (Fsp3) is 0.611. The highest BCUT2D eigenvalue weighted by Crippen LogP contribution is 2.30. The third-order valence-electron chi connectivity index (χ3n) is 3.88. The summed E-state index contributed by atoms with van der Waals surface area (Å²) in [4.78, 5) is 12.4. The van der Waals surface area contributed by atoms with E-state index in [1.807, 2.05) is 26.0 Å². The van der Waals surface area contributed by atoms with Gasteiger partial charge in [0.2, 0.25) is 0 Å². The Bertz CT molecular complexity index is 510. The van der Waals surface area contributed by atoms with E-state index in [0.29, 0.717) is 5.56 Å². The van der Waals surface area contributed by atoms with Crippen LogP contribution in [0.25, 0.3) is 0 Å². The van der Waals surface area contributed by atoms with Crippen LogP contribution in [0.4, 0.5) is 0 Å². The minimum Gasteiger partial charge on any atom is -0.459 e. The summed E-state index contributed by atoms with van der Waals surface area (Å²) in [6.45, 7) is 12.6. The van der Waals surface area contributed by atoms with Gasteiger partial charge in [-0.1, -0.05) is 17.2 Å². The van der Waals surface area contributed by atoms with E-state index in [9.17, 15) is 4.79 Å². The average molecular weight is 289 g/mol. The predicted molar refractivity (Wildman–Crippen MR) is 85.6 cm³/mol. The third kappa shape index (κ3) is 4.31. The van der Waals surface area contributed by atoms with Crippen molar-refractivity contribution in [3.63, 3.8) is 0 Å². The van der Waals surface area contributed by atoms with E-state index in [1.54, 1.807) is 0 Å². The van der Waals surface area contributed by atoms with Crippen LogP contribution in [0.15, 0.2) is 18.2 Å². The van der Waals surface area contributed by atoms with Gasteiger partial charge in [-0.2, -0.15) is 0 Å². The fourth-order valence-electron chi connectivity index (χ4n) is 3.62. The Morgan fingerprint density at radius 1 is 1.05 bits per heavy atom. The van der Waals surface area contributed by atoms with E-state index in [2.05, 4.69) is 39.1 Å². The van der Waals surface area contributed by atoms with Crippen LogP contribution in [-0.4, -0.2) is 23.2 Å². The summed E-state index contributed by atoms with van der Waals surface area (Å²) in [5, 5.41) is 3.60. The van der Waals surface area contributed by atoms with Crippen molar-refractivity contribution in [2.45, 2.75) is 71.6 Å². The van der Waals surface area contributed by atoms with Crippen molar-refractivity contribution in [3.05, 3.63) is 34.9 Å². The van der Waals surface area contributed by atoms with Crippen molar-refractivity contribution >= 4 is 5.97 Å². The molecule has 0 atom stereocenters. The maximum Gasteiger partial charge on any atom is 0.338 e. The summed E-state index contributed by atoms with van der Waals surface area (Å²) in [6, 6.07) is 5.85. The molecule has 0 aliphatic carbocycles. The van der Waals surface area contributed by atoms with Crippen molar-refractivity contribution in [1.29, 1.82) is 0 Å². The van der Waals surface area contributed by atoms with Crippen LogP contribution in [-0.2, 0) is 4.74 Å². The molecular formula is C18H27NO2. The molecule has 1 heterocycles. The van der Waals surface area contributed by atoms with Crippen LogP contribution in [0.1, 0.15) is 62.0 Å². The van der Waals surface area contributed by atoms with Crippen LogP contribution in [0.3, 0.4) is 0 Å². The number of hydrogen-bond acceptors (Lipinski definition) is 3. The van der Waals surface area contributed by atoms with E-state index < -0.39 is 0 Å². The Hall–Kier alpha value is -1.35. The molecular weight excluding hydrogens is 262 g/mol. The lowest BCUT2D eigenvalue weighted by Crippen LogP contribution is -2.59. The summed E-state index contributed by atoms with van der Waals surface area (Å²) in [5.41, 5.74) is 2.80. The maximum absolute atomic E-state index is 12.4. The molecule has 2 rings (SSSR count). The van der Waals surface area contributed by atoms with Gasteiger partial charge in [-0.15, -0.1) is 0 Å². The molecule has 1 aromatic rings. The van der Waals surface area contributed by atoms with Crippen molar-refractivity contribution in [2.75, 3.05) is 0 Å². The molecule has 1 saturated heterocycles. The van der Waals surface area contributed by atoms with Gasteiger partial charge in [0.1, 0.15) is 6.10 Å². The standard InChI is InChI=1S/C18H27NO2/c1-12-7-13(2)9-14(8-12)16(20)21-15-10-17(3,4)19-18(5,6)11-15/h7-9,15,19H,10-11H2,1-6H3. The van der Waals surface area contributed by atoms with Crippen LogP contribution < -0.4 is 5.32 Å². The first-order chi connectivity index (χ1) is 9.56. The molecule has 1 aliphatic rings. The Labute approximate surface area is 128 Å². The number of ether oxygens (including phenoxy) is 1. The molecule has 1 aromatic carbocycles. The summed E-state index contributed by atoms with van der Waals surface area (Å²) in [5.74, 6) is -0.208.